The van der Waals surface area contributed by atoms with E-state index in [4.69, 9.17) is 18.9 Å². The van der Waals surface area contributed by atoms with Crippen molar-refractivity contribution in [2.75, 3.05) is 39.6 Å². The van der Waals surface area contributed by atoms with Crippen LogP contribution in [0.2, 0.25) is 0 Å². The highest BCUT2D eigenvalue weighted by Crippen LogP contribution is 2.29. The number of carbonyl (C=O) groups excluding carboxylic acids is 2. The van der Waals surface area contributed by atoms with Crippen molar-refractivity contribution in [1.29, 1.82) is 0 Å². The van der Waals surface area contributed by atoms with Gasteiger partial charge in [-0.3, -0.25) is 4.79 Å². The van der Waals surface area contributed by atoms with Crippen molar-refractivity contribution < 1.29 is 38.5 Å². The molecule has 1 saturated heterocycles. The molecule has 0 bridgehead atoms. The molecule has 0 amide bonds. The maximum Gasteiger partial charge on any atom is 0.331 e. The van der Waals surface area contributed by atoms with E-state index in [0.717, 1.165) is 48.7 Å². The summed E-state index contributed by atoms with van der Waals surface area (Å²) in [5.74, 6) is -0.221. The van der Waals surface area contributed by atoms with Crippen molar-refractivity contribution in [2.45, 2.75) is 61.5 Å². The molecule has 2 aromatic rings. The van der Waals surface area contributed by atoms with Crippen LogP contribution >= 0.6 is 11.8 Å². The zero-order chi connectivity index (χ0) is 27.9. The average Bonchev–Trinajstić information content (AvgIpc) is 3.77. The number of hydrogen-bond acceptors (Lipinski definition) is 10. The largest absolute Gasteiger partial charge is 0.491 e. The Balaban J connectivity index is 1.27. The standard InChI is InChI=1S/C29H37NO8S/c1-21(30-38-22(2)31)29(33)23-7-11-27(12-8-23)39-28-13-9-25(10-14-28)36-18-24(32)17-34-15-5-3-4-6-16-35-19-26-20-37-26/h7-14,24,26,32H,3-6,15-20H2,1-2H3/b30-21+. The molecule has 2 atom stereocenters. The van der Waals surface area contributed by atoms with E-state index in [1.807, 2.05) is 36.4 Å². The number of nitrogens with zero attached hydrogens (tertiary/aromatic N) is 1. The van der Waals surface area contributed by atoms with Crippen LogP contribution in [-0.4, -0.2) is 74.4 Å². The summed E-state index contributed by atoms with van der Waals surface area (Å²) in [6, 6.07) is 14.7. The van der Waals surface area contributed by atoms with Crippen LogP contribution in [0.15, 0.2) is 63.5 Å². The number of carbonyl (C=O) groups is 2. The molecule has 0 spiro atoms. The van der Waals surface area contributed by atoms with Gasteiger partial charge in [-0.05, 0) is 68.3 Å². The summed E-state index contributed by atoms with van der Waals surface area (Å²) < 4.78 is 21.9. The topological polar surface area (TPSA) is 116 Å². The van der Waals surface area contributed by atoms with Crippen molar-refractivity contribution >= 4 is 29.2 Å². The molecule has 1 fully saturated rings. The zero-order valence-corrected chi connectivity index (χ0v) is 23.3. The van der Waals surface area contributed by atoms with Gasteiger partial charge in [0.2, 0.25) is 5.78 Å². The molecule has 2 aromatic carbocycles. The number of epoxide rings is 1. The molecule has 0 radical (unpaired) electrons. The van der Waals surface area contributed by atoms with Gasteiger partial charge in [-0.1, -0.05) is 29.8 Å². The van der Waals surface area contributed by atoms with Crippen molar-refractivity contribution in [2.24, 2.45) is 5.16 Å². The van der Waals surface area contributed by atoms with Crippen LogP contribution in [0, 0.1) is 0 Å². The number of ether oxygens (including phenoxy) is 4. The monoisotopic (exact) mass is 559 g/mol. The Labute approximate surface area is 233 Å². The molecular formula is C29H37NO8S. The lowest BCUT2D eigenvalue weighted by atomic mass is 10.1. The highest BCUT2D eigenvalue weighted by atomic mass is 32.2. The van der Waals surface area contributed by atoms with Gasteiger partial charge in [0.05, 0.1) is 19.8 Å². The Morgan fingerprint density at radius 1 is 0.949 bits per heavy atom. The SMILES string of the molecule is CC(=O)O/N=C(\C)C(=O)c1ccc(Sc2ccc(OCC(O)COCCCCCCOCC3CO3)cc2)cc1. The van der Waals surface area contributed by atoms with Crippen molar-refractivity contribution in [3.05, 3.63) is 54.1 Å². The van der Waals surface area contributed by atoms with Crippen molar-refractivity contribution in [1.82, 2.24) is 0 Å². The summed E-state index contributed by atoms with van der Waals surface area (Å²) in [6.45, 7) is 6.07. The first-order valence-electron chi connectivity index (χ1n) is 13.1. The lowest BCUT2D eigenvalue weighted by Crippen LogP contribution is -2.23. The van der Waals surface area contributed by atoms with E-state index in [1.54, 1.807) is 23.9 Å². The number of rotatable bonds is 19. The van der Waals surface area contributed by atoms with E-state index >= 15 is 0 Å². The summed E-state index contributed by atoms with van der Waals surface area (Å²) in [5, 5.41) is 13.7. The molecule has 9 nitrogen and oxygen atoms in total. The highest BCUT2D eigenvalue weighted by Gasteiger charge is 2.21. The van der Waals surface area contributed by atoms with Crippen LogP contribution in [0.5, 0.6) is 5.75 Å². The minimum Gasteiger partial charge on any atom is -0.491 e. The second-order valence-electron chi connectivity index (χ2n) is 9.17. The molecule has 1 aliphatic heterocycles. The second-order valence-corrected chi connectivity index (χ2v) is 10.3. The van der Waals surface area contributed by atoms with Gasteiger partial charge >= 0.3 is 5.97 Å². The van der Waals surface area contributed by atoms with Crippen molar-refractivity contribution in [3.8, 4) is 5.75 Å². The van der Waals surface area contributed by atoms with Gasteiger partial charge < -0.3 is 28.9 Å². The average molecular weight is 560 g/mol. The van der Waals surface area contributed by atoms with Crippen LogP contribution in [0.4, 0.5) is 0 Å². The number of aliphatic hydroxyl groups excluding tert-OH is 1. The first-order chi connectivity index (χ1) is 18.9. The van der Waals surface area contributed by atoms with Gasteiger partial charge in [-0.15, -0.1) is 0 Å². The molecule has 39 heavy (non-hydrogen) atoms. The van der Waals surface area contributed by atoms with Gasteiger partial charge in [0.25, 0.3) is 0 Å². The lowest BCUT2D eigenvalue weighted by molar-refractivity contribution is -0.140. The van der Waals surface area contributed by atoms with E-state index in [9.17, 15) is 14.7 Å². The Kier molecular flexibility index (Phi) is 13.4. The van der Waals surface area contributed by atoms with E-state index in [1.165, 1.54) is 13.8 Å². The van der Waals surface area contributed by atoms with E-state index < -0.39 is 12.1 Å². The van der Waals surface area contributed by atoms with Crippen LogP contribution in [0.25, 0.3) is 0 Å². The smallest absolute Gasteiger partial charge is 0.331 e. The fourth-order valence-electron chi connectivity index (χ4n) is 3.40. The molecule has 3 rings (SSSR count). The number of unbranched alkanes of at least 4 members (excludes halogenated alkanes) is 3. The summed E-state index contributed by atoms with van der Waals surface area (Å²) in [5.41, 5.74) is 0.560. The van der Waals surface area contributed by atoms with E-state index in [2.05, 4.69) is 9.99 Å². The van der Waals surface area contributed by atoms with Crippen LogP contribution in [0.1, 0.15) is 49.9 Å². The minimum absolute atomic E-state index is 0.102. The third-order valence-electron chi connectivity index (χ3n) is 5.60. The predicted molar refractivity (Wildman–Crippen MR) is 148 cm³/mol. The summed E-state index contributed by atoms with van der Waals surface area (Å²) in [6.07, 6.45) is 3.82. The fourth-order valence-corrected chi connectivity index (χ4v) is 4.21. The van der Waals surface area contributed by atoms with Gasteiger partial charge in [-0.2, -0.15) is 0 Å². The third kappa shape index (κ3) is 12.8. The fraction of sp³-hybridized carbons (Fsp3) is 0.483. The molecule has 0 saturated carbocycles. The minimum atomic E-state index is -0.693. The number of oxime groups is 1. The summed E-state index contributed by atoms with van der Waals surface area (Å²) in [4.78, 5) is 29.7. The molecule has 1 aliphatic rings. The Hall–Kier alpha value is -2.76. The number of aliphatic hydroxyl groups is 1. The van der Waals surface area contributed by atoms with Gasteiger partial charge in [0.1, 0.15) is 30.3 Å². The Bertz CT molecular complexity index is 1050. The molecule has 10 heteroatoms. The maximum absolute atomic E-state index is 12.4. The van der Waals surface area contributed by atoms with Crippen molar-refractivity contribution in [3.63, 3.8) is 0 Å². The predicted octanol–water partition coefficient (Wildman–Crippen LogP) is 4.69. The number of Topliss-reactive ketones (excluding diaryl/α,β-unsaturated/α-hetero) is 1. The molecule has 1 N–H and O–H groups in total. The summed E-state index contributed by atoms with van der Waals surface area (Å²) in [7, 11) is 0. The first kappa shape index (κ1) is 30.8. The highest BCUT2D eigenvalue weighted by molar-refractivity contribution is 7.99. The number of ketones is 1. The summed E-state index contributed by atoms with van der Waals surface area (Å²) >= 11 is 1.54. The molecule has 0 aliphatic carbocycles. The Morgan fingerprint density at radius 3 is 2.18 bits per heavy atom. The molecular weight excluding hydrogens is 522 g/mol. The number of hydrogen-bond donors (Lipinski definition) is 1. The lowest BCUT2D eigenvalue weighted by Gasteiger charge is -2.13. The molecule has 0 aromatic heterocycles. The van der Waals surface area contributed by atoms with E-state index in [0.29, 0.717) is 30.6 Å². The van der Waals surface area contributed by atoms with Crippen LogP contribution in [-0.2, 0) is 23.8 Å². The molecule has 1 heterocycles. The van der Waals surface area contributed by atoms with Crippen LogP contribution < -0.4 is 4.74 Å². The number of benzene rings is 2. The van der Waals surface area contributed by atoms with Gasteiger partial charge in [0, 0.05) is 35.5 Å². The Morgan fingerprint density at radius 2 is 1.56 bits per heavy atom. The first-order valence-corrected chi connectivity index (χ1v) is 13.9. The quantitative estimate of drug-likeness (QED) is 0.0653. The van der Waals surface area contributed by atoms with Gasteiger partial charge in [-0.25, -0.2) is 4.79 Å². The van der Waals surface area contributed by atoms with Crippen LogP contribution in [0.3, 0.4) is 0 Å². The van der Waals surface area contributed by atoms with E-state index in [-0.39, 0.29) is 24.7 Å². The molecule has 2 unspecified atom stereocenters. The normalized spacial score (nSPS) is 15.6. The van der Waals surface area contributed by atoms with Gasteiger partial charge in [0.15, 0.2) is 0 Å². The third-order valence-corrected chi connectivity index (χ3v) is 6.62. The maximum atomic E-state index is 12.4. The second kappa shape index (κ2) is 17.0. The zero-order valence-electron chi connectivity index (χ0n) is 22.5. The molecule has 212 valence electrons.